The van der Waals surface area contributed by atoms with Crippen molar-refractivity contribution in [1.29, 1.82) is 0 Å². The highest BCUT2D eigenvalue weighted by atomic mass is 16.2. The molecule has 0 aromatic heterocycles. The summed E-state index contributed by atoms with van der Waals surface area (Å²) in [5.41, 5.74) is 3.79. The van der Waals surface area contributed by atoms with E-state index in [0.29, 0.717) is 6.04 Å². The van der Waals surface area contributed by atoms with E-state index in [1.165, 1.54) is 29.8 Å². The standard InChI is InChI=1S/C20H26N2O/c23-15-12-18-6-8-19(9-7-18)21-20-11-14-22(16-20)13-10-17-4-2-1-3-5-17/h1-9,20-21,23H,10-16H2. The Kier molecular flexibility index (Phi) is 5.67. The molecule has 3 rings (SSSR count). The molecule has 1 fully saturated rings. The third kappa shape index (κ3) is 4.81. The van der Waals surface area contributed by atoms with Crippen molar-refractivity contribution in [3.8, 4) is 0 Å². The number of hydrogen-bond donors (Lipinski definition) is 2. The minimum Gasteiger partial charge on any atom is -0.396 e. The normalized spacial score (nSPS) is 18.2. The molecule has 0 bridgehead atoms. The Bertz CT molecular complexity index is 582. The Morgan fingerprint density at radius 3 is 2.43 bits per heavy atom. The summed E-state index contributed by atoms with van der Waals surface area (Å²) in [6.45, 7) is 3.64. The lowest BCUT2D eigenvalue weighted by Gasteiger charge is -2.17. The molecule has 3 nitrogen and oxygen atoms in total. The van der Waals surface area contributed by atoms with Crippen molar-refractivity contribution in [3.63, 3.8) is 0 Å². The van der Waals surface area contributed by atoms with Crippen LogP contribution in [0.1, 0.15) is 17.5 Å². The Labute approximate surface area is 139 Å². The summed E-state index contributed by atoms with van der Waals surface area (Å²) < 4.78 is 0. The first-order chi connectivity index (χ1) is 11.3. The summed E-state index contributed by atoms with van der Waals surface area (Å²) in [4.78, 5) is 2.55. The molecule has 122 valence electrons. The zero-order valence-electron chi connectivity index (χ0n) is 13.6. The fraction of sp³-hybridized carbons (Fsp3) is 0.400. The first-order valence-corrected chi connectivity index (χ1v) is 8.56. The average Bonchev–Trinajstić information content (AvgIpc) is 3.03. The molecule has 2 N–H and O–H groups in total. The molecule has 1 saturated heterocycles. The van der Waals surface area contributed by atoms with Gasteiger partial charge in [-0.05, 0) is 42.5 Å². The number of benzene rings is 2. The molecule has 1 aliphatic rings. The molecular weight excluding hydrogens is 284 g/mol. The van der Waals surface area contributed by atoms with Gasteiger partial charge in [0.05, 0.1) is 0 Å². The first kappa shape index (κ1) is 16.0. The van der Waals surface area contributed by atoms with Gasteiger partial charge in [-0.1, -0.05) is 42.5 Å². The molecule has 23 heavy (non-hydrogen) atoms. The number of nitrogens with one attached hydrogen (secondary N) is 1. The Morgan fingerprint density at radius 1 is 0.957 bits per heavy atom. The second-order valence-electron chi connectivity index (χ2n) is 6.34. The molecule has 0 saturated carbocycles. The van der Waals surface area contributed by atoms with Gasteiger partial charge in [-0.25, -0.2) is 0 Å². The molecular formula is C20H26N2O. The van der Waals surface area contributed by atoms with E-state index in [0.717, 1.165) is 25.9 Å². The Balaban J connectivity index is 1.44. The smallest absolute Gasteiger partial charge is 0.0471 e. The molecule has 2 aromatic carbocycles. The van der Waals surface area contributed by atoms with E-state index in [4.69, 9.17) is 5.11 Å². The summed E-state index contributed by atoms with van der Waals surface area (Å²) in [7, 11) is 0. The molecule has 0 aliphatic carbocycles. The van der Waals surface area contributed by atoms with E-state index in [-0.39, 0.29) is 6.61 Å². The number of anilines is 1. The molecule has 1 unspecified atom stereocenters. The van der Waals surface area contributed by atoms with E-state index in [9.17, 15) is 0 Å². The van der Waals surface area contributed by atoms with Crippen molar-refractivity contribution in [3.05, 3.63) is 65.7 Å². The van der Waals surface area contributed by atoms with Gasteiger partial charge in [0, 0.05) is 38.0 Å². The van der Waals surface area contributed by atoms with Crippen LogP contribution in [0.2, 0.25) is 0 Å². The van der Waals surface area contributed by atoms with Gasteiger partial charge in [0.15, 0.2) is 0 Å². The van der Waals surface area contributed by atoms with Crippen LogP contribution in [0.3, 0.4) is 0 Å². The van der Waals surface area contributed by atoms with Crippen molar-refractivity contribution >= 4 is 5.69 Å². The molecule has 1 aliphatic heterocycles. The van der Waals surface area contributed by atoms with Crippen LogP contribution >= 0.6 is 0 Å². The van der Waals surface area contributed by atoms with Crippen molar-refractivity contribution in [2.24, 2.45) is 0 Å². The monoisotopic (exact) mass is 310 g/mol. The van der Waals surface area contributed by atoms with Crippen LogP contribution in [-0.4, -0.2) is 42.3 Å². The predicted octanol–water partition coefficient (Wildman–Crippen LogP) is 2.95. The van der Waals surface area contributed by atoms with Crippen molar-refractivity contribution in [2.45, 2.75) is 25.3 Å². The maximum Gasteiger partial charge on any atom is 0.0471 e. The number of nitrogens with zero attached hydrogens (tertiary/aromatic N) is 1. The zero-order chi connectivity index (χ0) is 15.9. The van der Waals surface area contributed by atoms with Crippen molar-refractivity contribution < 1.29 is 5.11 Å². The van der Waals surface area contributed by atoms with Gasteiger partial charge in [-0.15, -0.1) is 0 Å². The van der Waals surface area contributed by atoms with Gasteiger partial charge in [0.1, 0.15) is 0 Å². The lowest BCUT2D eigenvalue weighted by Crippen LogP contribution is -2.27. The van der Waals surface area contributed by atoms with E-state index in [2.05, 4.69) is 64.8 Å². The molecule has 0 radical (unpaired) electrons. The van der Waals surface area contributed by atoms with Crippen molar-refractivity contribution in [1.82, 2.24) is 4.90 Å². The summed E-state index contributed by atoms with van der Waals surface area (Å²) in [6, 6.07) is 19.7. The molecule has 0 amide bonds. The maximum absolute atomic E-state index is 8.96. The highest BCUT2D eigenvalue weighted by molar-refractivity contribution is 5.45. The largest absolute Gasteiger partial charge is 0.396 e. The van der Waals surface area contributed by atoms with Gasteiger partial charge in [0.25, 0.3) is 0 Å². The SMILES string of the molecule is OCCc1ccc(NC2CCN(CCc3ccccc3)C2)cc1. The molecule has 3 heteroatoms. The topological polar surface area (TPSA) is 35.5 Å². The quantitative estimate of drug-likeness (QED) is 0.825. The lowest BCUT2D eigenvalue weighted by molar-refractivity contribution is 0.299. The highest BCUT2D eigenvalue weighted by Gasteiger charge is 2.21. The lowest BCUT2D eigenvalue weighted by atomic mass is 10.1. The first-order valence-electron chi connectivity index (χ1n) is 8.56. The van der Waals surface area contributed by atoms with Gasteiger partial charge in [-0.2, -0.15) is 0 Å². The number of likely N-dealkylation sites (tertiary alicyclic amines) is 1. The summed E-state index contributed by atoms with van der Waals surface area (Å²) in [6.07, 6.45) is 3.06. The van der Waals surface area contributed by atoms with Crippen LogP contribution in [0.5, 0.6) is 0 Å². The van der Waals surface area contributed by atoms with E-state index < -0.39 is 0 Å². The summed E-state index contributed by atoms with van der Waals surface area (Å²) in [5, 5.41) is 12.6. The third-order valence-electron chi connectivity index (χ3n) is 4.56. The summed E-state index contributed by atoms with van der Waals surface area (Å²) in [5.74, 6) is 0. The highest BCUT2D eigenvalue weighted by Crippen LogP contribution is 2.17. The van der Waals surface area contributed by atoms with Gasteiger partial charge < -0.3 is 15.3 Å². The van der Waals surface area contributed by atoms with Crippen LogP contribution in [0, 0.1) is 0 Å². The second-order valence-corrected chi connectivity index (χ2v) is 6.34. The molecule has 0 spiro atoms. The zero-order valence-corrected chi connectivity index (χ0v) is 13.6. The number of aliphatic hydroxyl groups is 1. The van der Waals surface area contributed by atoms with Crippen molar-refractivity contribution in [2.75, 3.05) is 31.6 Å². The fourth-order valence-electron chi connectivity index (χ4n) is 3.22. The second kappa shape index (κ2) is 8.14. The van der Waals surface area contributed by atoms with E-state index >= 15 is 0 Å². The predicted molar refractivity (Wildman–Crippen MR) is 95.8 cm³/mol. The van der Waals surface area contributed by atoms with Crippen LogP contribution in [0.4, 0.5) is 5.69 Å². The number of hydrogen-bond acceptors (Lipinski definition) is 3. The maximum atomic E-state index is 8.96. The minimum absolute atomic E-state index is 0.214. The van der Waals surface area contributed by atoms with Crippen LogP contribution in [-0.2, 0) is 12.8 Å². The molecule has 2 aromatic rings. The molecule has 1 atom stereocenters. The number of rotatable bonds is 7. The van der Waals surface area contributed by atoms with Gasteiger partial charge in [0.2, 0.25) is 0 Å². The van der Waals surface area contributed by atoms with Gasteiger partial charge in [-0.3, -0.25) is 0 Å². The van der Waals surface area contributed by atoms with Crippen LogP contribution in [0.25, 0.3) is 0 Å². The molecule has 1 heterocycles. The average molecular weight is 310 g/mol. The van der Waals surface area contributed by atoms with E-state index in [1.807, 2.05) is 0 Å². The minimum atomic E-state index is 0.214. The van der Waals surface area contributed by atoms with Crippen LogP contribution < -0.4 is 5.32 Å². The van der Waals surface area contributed by atoms with Gasteiger partial charge >= 0.3 is 0 Å². The fourth-order valence-corrected chi connectivity index (χ4v) is 3.22. The van der Waals surface area contributed by atoms with E-state index in [1.54, 1.807) is 0 Å². The number of aliphatic hydroxyl groups excluding tert-OH is 1. The third-order valence-corrected chi connectivity index (χ3v) is 4.56. The Hall–Kier alpha value is -1.84. The summed E-state index contributed by atoms with van der Waals surface area (Å²) >= 11 is 0. The van der Waals surface area contributed by atoms with Crippen LogP contribution in [0.15, 0.2) is 54.6 Å². The Morgan fingerprint density at radius 2 is 1.70 bits per heavy atom.